The van der Waals surface area contributed by atoms with Crippen LogP contribution >= 0.6 is 11.6 Å². The second-order valence-corrected chi connectivity index (χ2v) is 6.55. The first kappa shape index (κ1) is 22.9. The van der Waals surface area contributed by atoms with E-state index >= 15 is 0 Å². The molecule has 1 atom stereocenters. The van der Waals surface area contributed by atoms with Crippen molar-refractivity contribution in [3.05, 3.63) is 44.5 Å². The quantitative estimate of drug-likeness (QED) is 0.358. The topological polar surface area (TPSA) is 138 Å². The SMILES string of the molecule is COc1cc([N+](=O)[O-])c(OC)c(CC(C)OC(=O)c2cc(Cl)c(O)cc2O)c1OC. The molecule has 162 valence electrons. The molecule has 0 aliphatic rings. The lowest BCUT2D eigenvalue weighted by Crippen LogP contribution is -2.19. The summed E-state index contributed by atoms with van der Waals surface area (Å²) in [7, 11) is 3.96. The zero-order valence-corrected chi connectivity index (χ0v) is 17.3. The van der Waals surface area contributed by atoms with Crippen LogP contribution in [-0.2, 0) is 11.2 Å². The molecule has 0 spiro atoms. The fraction of sp³-hybridized carbons (Fsp3) is 0.316. The lowest BCUT2D eigenvalue weighted by molar-refractivity contribution is -0.385. The molecule has 2 N–H and O–H groups in total. The van der Waals surface area contributed by atoms with Crippen molar-refractivity contribution in [1.82, 2.24) is 0 Å². The molecule has 2 rings (SSSR count). The summed E-state index contributed by atoms with van der Waals surface area (Å²) in [5.74, 6) is -1.56. The molecule has 0 radical (unpaired) electrons. The first-order chi connectivity index (χ1) is 14.1. The summed E-state index contributed by atoms with van der Waals surface area (Å²) in [6.07, 6.45) is -0.845. The molecule has 1 unspecified atom stereocenters. The van der Waals surface area contributed by atoms with Gasteiger partial charge in [0.05, 0.1) is 42.9 Å². The van der Waals surface area contributed by atoms with Crippen molar-refractivity contribution in [3.63, 3.8) is 0 Å². The molecule has 0 amide bonds. The molecular weight excluding hydrogens is 422 g/mol. The Hall–Kier alpha value is -3.40. The van der Waals surface area contributed by atoms with Crippen molar-refractivity contribution in [2.45, 2.75) is 19.4 Å². The van der Waals surface area contributed by atoms with Gasteiger partial charge in [0, 0.05) is 12.5 Å². The third-order valence-corrected chi connectivity index (χ3v) is 4.48. The van der Waals surface area contributed by atoms with Gasteiger partial charge in [-0.15, -0.1) is 0 Å². The largest absolute Gasteiger partial charge is 0.507 e. The van der Waals surface area contributed by atoms with Gasteiger partial charge in [-0.3, -0.25) is 10.1 Å². The first-order valence-corrected chi connectivity index (χ1v) is 8.91. The molecule has 0 saturated carbocycles. The average molecular weight is 442 g/mol. The summed E-state index contributed by atoms with van der Waals surface area (Å²) in [5, 5.41) is 30.6. The molecule has 0 aliphatic carbocycles. The predicted octanol–water partition coefficient (Wildman–Crippen LogP) is 3.47. The lowest BCUT2D eigenvalue weighted by atomic mass is 10.0. The molecule has 0 saturated heterocycles. The van der Waals surface area contributed by atoms with Crippen molar-refractivity contribution in [2.24, 2.45) is 0 Å². The highest BCUT2D eigenvalue weighted by atomic mass is 35.5. The number of rotatable bonds is 8. The number of phenolic OH excluding ortho intramolecular Hbond substituents is 2. The second-order valence-electron chi connectivity index (χ2n) is 6.14. The van der Waals surface area contributed by atoms with E-state index in [0.29, 0.717) is 0 Å². The average Bonchev–Trinajstić information content (AvgIpc) is 2.69. The molecule has 10 nitrogen and oxygen atoms in total. The fourth-order valence-electron chi connectivity index (χ4n) is 2.88. The predicted molar refractivity (Wildman–Crippen MR) is 106 cm³/mol. The van der Waals surface area contributed by atoms with E-state index in [0.717, 1.165) is 12.1 Å². The minimum atomic E-state index is -0.905. The van der Waals surface area contributed by atoms with Gasteiger partial charge < -0.3 is 29.2 Å². The number of halogens is 1. The molecule has 11 heteroatoms. The van der Waals surface area contributed by atoms with Crippen LogP contribution in [0.4, 0.5) is 5.69 Å². The minimum absolute atomic E-state index is 0.0251. The molecule has 0 bridgehead atoms. The van der Waals surface area contributed by atoms with Gasteiger partial charge in [0.25, 0.3) is 0 Å². The third-order valence-electron chi connectivity index (χ3n) is 4.18. The monoisotopic (exact) mass is 441 g/mol. The number of methoxy groups -OCH3 is 3. The van der Waals surface area contributed by atoms with Gasteiger partial charge in [-0.2, -0.15) is 0 Å². The van der Waals surface area contributed by atoms with Crippen molar-refractivity contribution in [2.75, 3.05) is 21.3 Å². The van der Waals surface area contributed by atoms with Gasteiger partial charge in [0.2, 0.25) is 5.75 Å². The molecule has 0 aromatic heterocycles. The normalized spacial score (nSPS) is 11.5. The molecule has 2 aromatic carbocycles. The maximum Gasteiger partial charge on any atom is 0.342 e. The number of nitro benzene ring substituents is 1. The number of esters is 1. The van der Waals surface area contributed by atoms with E-state index in [9.17, 15) is 25.1 Å². The van der Waals surface area contributed by atoms with Gasteiger partial charge >= 0.3 is 11.7 Å². The van der Waals surface area contributed by atoms with Gasteiger partial charge in [-0.05, 0) is 13.0 Å². The Kier molecular flexibility index (Phi) is 7.17. The van der Waals surface area contributed by atoms with E-state index in [1.807, 2.05) is 0 Å². The van der Waals surface area contributed by atoms with Crippen LogP contribution in [-0.4, -0.2) is 48.5 Å². The summed E-state index contributed by atoms with van der Waals surface area (Å²) in [5.41, 5.74) is -0.328. The summed E-state index contributed by atoms with van der Waals surface area (Å²) in [6.45, 7) is 1.54. The molecule has 0 fully saturated rings. The number of phenols is 2. The van der Waals surface area contributed by atoms with Gasteiger partial charge in [-0.25, -0.2) is 4.79 Å². The van der Waals surface area contributed by atoms with Crippen LogP contribution in [0.1, 0.15) is 22.8 Å². The highest BCUT2D eigenvalue weighted by Crippen LogP contribution is 2.45. The Morgan fingerprint density at radius 2 is 1.73 bits per heavy atom. The Labute approximate surface area is 176 Å². The standard InChI is InChI=1S/C19H20ClNO9/c1-9(30-19(24)10-6-12(20)15(23)8-14(10)22)5-11-17(28-3)13(21(25)26)7-16(27-2)18(11)29-4/h6-9,22-23H,5H2,1-4H3. The van der Waals surface area contributed by atoms with Crippen LogP contribution in [0.25, 0.3) is 0 Å². The van der Waals surface area contributed by atoms with E-state index in [1.165, 1.54) is 27.4 Å². The van der Waals surface area contributed by atoms with E-state index in [4.69, 9.17) is 30.5 Å². The van der Waals surface area contributed by atoms with Gasteiger partial charge in [0.15, 0.2) is 11.5 Å². The summed E-state index contributed by atoms with van der Waals surface area (Å²) in [4.78, 5) is 23.2. The molecule has 0 aliphatic heterocycles. The molecular formula is C19H20ClNO9. The zero-order chi connectivity index (χ0) is 22.6. The van der Waals surface area contributed by atoms with Crippen molar-refractivity contribution >= 4 is 23.3 Å². The zero-order valence-electron chi connectivity index (χ0n) is 16.6. The van der Waals surface area contributed by atoms with Gasteiger partial charge in [-0.1, -0.05) is 11.6 Å². The number of ether oxygens (including phenoxy) is 4. The number of hydrogen-bond donors (Lipinski definition) is 2. The number of benzene rings is 2. The lowest BCUT2D eigenvalue weighted by Gasteiger charge is -2.19. The summed E-state index contributed by atoms with van der Waals surface area (Å²) < 4.78 is 21.0. The molecule has 0 heterocycles. The van der Waals surface area contributed by atoms with Crippen molar-refractivity contribution in [3.8, 4) is 28.7 Å². The fourth-order valence-corrected chi connectivity index (χ4v) is 3.04. The van der Waals surface area contributed by atoms with E-state index in [2.05, 4.69) is 0 Å². The molecule has 30 heavy (non-hydrogen) atoms. The summed E-state index contributed by atoms with van der Waals surface area (Å²) in [6, 6.07) is 3.16. The number of hydrogen-bond acceptors (Lipinski definition) is 9. The summed E-state index contributed by atoms with van der Waals surface area (Å²) >= 11 is 5.78. The van der Waals surface area contributed by atoms with E-state index < -0.39 is 28.5 Å². The van der Waals surface area contributed by atoms with E-state index in [-0.39, 0.29) is 45.5 Å². The first-order valence-electron chi connectivity index (χ1n) is 8.53. The van der Waals surface area contributed by atoms with Crippen LogP contribution in [0.15, 0.2) is 18.2 Å². The van der Waals surface area contributed by atoms with Crippen LogP contribution in [0.3, 0.4) is 0 Å². The van der Waals surface area contributed by atoms with Crippen LogP contribution in [0, 0.1) is 10.1 Å². The van der Waals surface area contributed by atoms with Crippen molar-refractivity contribution < 1.29 is 38.9 Å². The number of nitro groups is 1. The Bertz CT molecular complexity index is 977. The van der Waals surface area contributed by atoms with Crippen LogP contribution in [0.5, 0.6) is 28.7 Å². The number of aromatic hydroxyl groups is 2. The maximum atomic E-state index is 12.4. The number of carbonyl (C=O) groups is 1. The van der Waals surface area contributed by atoms with E-state index in [1.54, 1.807) is 6.92 Å². The minimum Gasteiger partial charge on any atom is -0.507 e. The Morgan fingerprint density at radius 1 is 1.10 bits per heavy atom. The smallest absolute Gasteiger partial charge is 0.342 e. The maximum absolute atomic E-state index is 12.4. The Balaban J connectivity index is 2.39. The van der Waals surface area contributed by atoms with Gasteiger partial charge in [0.1, 0.15) is 23.2 Å². The number of nitrogens with zero attached hydrogens (tertiary/aromatic N) is 1. The second kappa shape index (κ2) is 9.40. The number of carbonyl (C=O) groups excluding carboxylic acids is 1. The van der Waals surface area contributed by atoms with Crippen LogP contribution in [0.2, 0.25) is 5.02 Å². The van der Waals surface area contributed by atoms with Crippen LogP contribution < -0.4 is 14.2 Å². The highest BCUT2D eigenvalue weighted by Gasteiger charge is 2.29. The highest BCUT2D eigenvalue weighted by molar-refractivity contribution is 6.32. The third kappa shape index (κ3) is 4.60. The Morgan fingerprint density at radius 3 is 2.27 bits per heavy atom. The van der Waals surface area contributed by atoms with Crippen molar-refractivity contribution in [1.29, 1.82) is 0 Å². The molecule has 2 aromatic rings.